The summed E-state index contributed by atoms with van der Waals surface area (Å²) in [4.78, 5) is 0.266. The van der Waals surface area contributed by atoms with Crippen molar-refractivity contribution in [3.8, 4) is 5.75 Å². The molecule has 6 heteroatoms. The highest BCUT2D eigenvalue weighted by molar-refractivity contribution is 7.89. The third-order valence-electron chi connectivity index (χ3n) is 2.65. The lowest BCUT2D eigenvalue weighted by Gasteiger charge is -2.09. The molecule has 0 unspecified atom stereocenters. The first-order chi connectivity index (χ1) is 9.60. The van der Waals surface area contributed by atoms with Gasteiger partial charge in [0.25, 0.3) is 0 Å². The van der Waals surface area contributed by atoms with Crippen molar-refractivity contribution in [3.05, 3.63) is 24.3 Å². The molecule has 114 valence electrons. The van der Waals surface area contributed by atoms with E-state index in [1.165, 1.54) is 0 Å². The quantitative estimate of drug-likeness (QED) is 0.646. The summed E-state index contributed by atoms with van der Waals surface area (Å²) >= 11 is 0. The molecule has 0 bridgehead atoms. The summed E-state index contributed by atoms with van der Waals surface area (Å²) in [6, 6.07) is 6.49. The fraction of sp³-hybridized carbons (Fsp3) is 0.571. The number of ether oxygens (including phenoxy) is 1. The molecule has 0 spiro atoms. The van der Waals surface area contributed by atoms with Crippen molar-refractivity contribution in [3.63, 3.8) is 0 Å². The Labute approximate surface area is 121 Å². The van der Waals surface area contributed by atoms with Crippen LogP contribution in [0.5, 0.6) is 5.75 Å². The molecular weight excluding hydrogens is 276 g/mol. The summed E-state index contributed by atoms with van der Waals surface area (Å²) in [6.07, 6.45) is 1.86. The first-order valence-electron chi connectivity index (χ1n) is 7.03. The van der Waals surface area contributed by atoms with Gasteiger partial charge in [0, 0.05) is 13.1 Å². The molecule has 0 fully saturated rings. The van der Waals surface area contributed by atoms with Crippen molar-refractivity contribution in [1.29, 1.82) is 0 Å². The van der Waals surface area contributed by atoms with E-state index in [2.05, 4.69) is 17.0 Å². The zero-order chi connectivity index (χ0) is 14.8. The van der Waals surface area contributed by atoms with Gasteiger partial charge in [-0.1, -0.05) is 13.8 Å². The minimum atomic E-state index is -3.39. The SMILES string of the molecule is CCCNCCOc1ccc(S(=O)(=O)NCCC)cc1. The molecule has 1 aromatic rings. The van der Waals surface area contributed by atoms with E-state index >= 15 is 0 Å². The average molecular weight is 300 g/mol. The molecule has 0 aromatic heterocycles. The van der Waals surface area contributed by atoms with Crippen molar-refractivity contribution in [2.45, 2.75) is 31.6 Å². The van der Waals surface area contributed by atoms with Crippen LogP contribution in [0.3, 0.4) is 0 Å². The summed E-state index contributed by atoms with van der Waals surface area (Å²) < 4.78 is 31.8. The molecule has 0 amide bonds. The van der Waals surface area contributed by atoms with Gasteiger partial charge in [-0.05, 0) is 43.7 Å². The van der Waals surface area contributed by atoms with Gasteiger partial charge in [0.05, 0.1) is 4.90 Å². The second-order valence-corrected chi connectivity index (χ2v) is 6.23. The van der Waals surface area contributed by atoms with Crippen LogP contribution < -0.4 is 14.8 Å². The minimum Gasteiger partial charge on any atom is -0.492 e. The molecule has 0 saturated carbocycles. The Morgan fingerprint density at radius 1 is 1.00 bits per heavy atom. The second-order valence-electron chi connectivity index (χ2n) is 4.47. The van der Waals surface area contributed by atoms with Crippen molar-refractivity contribution < 1.29 is 13.2 Å². The molecule has 1 aromatic carbocycles. The average Bonchev–Trinajstić information content (AvgIpc) is 2.45. The zero-order valence-corrected chi connectivity index (χ0v) is 13.0. The van der Waals surface area contributed by atoms with Gasteiger partial charge < -0.3 is 10.1 Å². The highest BCUT2D eigenvalue weighted by Crippen LogP contribution is 2.15. The molecule has 0 aliphatic carbocycles. The lowest BCUT2D eigenvalue weighted by molar-refractivity contribution is 0.314. The molecule has 0 atom stereocenters. The van der Waals surface area contributed by atoms with Crippen molar-refractivity contribution >= 4 is 10.0 Å². The molecule has 20 heavy (non-hydrogen) atoms. The van der Waals surface area contributed by atoms with Gasteiger partial charge in [-0.3, -0.25) is 0 Å². The molecular formula is C14H24N2O3S. The van der Waals surface area contributed by atoms with E-state index < -0.39 is 10.0 Å². The monoisotopic (exact) mass is 300 g/mol. The predicted octanol–water partition coefficient (Wildman–Crippen LogP) is 1.75. The lowest BCUT2D eigenvalue weighted by Crippen LogP contribution is -2.24. The van der Waals surface area contributed by atoms with Gasteiger partial charge >= 0.3 is 0 Å². The van der Waals surface area contributed by atoms with E-state index in [4.69, 9.17) is 4.74 Å². The molecule has 0 radical (unpaired) electrons. The summed E-state index contributed by atoms with van der Waals surface area (Å²) in [5.41, 5.74) is 0. The van der Waals surface area contributed by atoms with Crippen LogP contribution in [-0.2, 0) is 10.0 Å². The standard InChI is InChI=1S/C14H24N2O3S/c1-3-9-15-11-12-19-13-5-7-14(8-6-13)20(17,18)16-10-4-2/h5-8,15-16H,3-4,9-12H2,1-2H3. The van der Waals surface area contributed by atoms with Crippen LogP contribution in [0.1, 0.15) is 26.7 Å². The van der Waals surface area contributed by atoms with Gasteiger partial charge in [0.1, 0.15) is 12.4 Å². The van der Waals surface area contributed by atoms with Gasteiger partial charge in [0.15, 0.2) is 0 Å². The molecule has 0 aliphatic rings. The lowest BCUT2D eigenvalue weighted by atomic mass is 10.3. The van der Waals surface area contributed by atoms with Gasteiger partial charge in [-0.2, -0.15) is 0 Å². The normalized spacial score (nSPS) is 11.5. The van der Waals surface area contributed by atoms with Crippen LogP contribution in [0.2, 0.25) is 0 Å². The highest BCUT2D eigenvalue weighted by Gasteiger charge is 2.12. The predicted molar refractivity (Wildman–Crippen MR) is 80.6 cm³/mol. The number of sulfonamides is 1. The van der Waals surface area contributed by atoms with Crippen molar-refractivity contribution in [1.82, 2.24) is 10.0 Å². The third-order valence-corrected chi connectivity index (χ3v) is 4.13. The van der Waals surface area contributed by atoms with E-state index in [0.717, 1.165) is 25.9 Å². The largest absolute Gasteiger partial charge is 0.492 e. The first-order valence-corrected chi connectivity index (χ1v) is 8.51. The van der Waals surface area contributed by atoms with E-state index in [9.17, 15) is 8.42 Å². The Balaban J connectivity index is 2.47. The Morgan fingerprint density at radius 2 is 1.65 bits per heavy atom. The van der Waals surface area contributed by atoms with Crippen LogP contribution in [0.15, 0.2) is 29.2 Å². The molecule has 0 heterocycles. The number of nitrogens with one attached hydrogen (secondary N) is 2. The van der Waals surface area contributed by atoms with Crippen molar-refractivity contribution in [2.24, 2.45) is 0 Å². The molecule has 2 N–H and O–H groups in total. The third kappa shape index (κ3) is 5.90. The number of hydrogen-bond donors (Lipinski definition) is 2. The molecule has 1 rings (SSSR count). The zero-order valence-electron chi connectivity index (χ0n) is 12.2. The van der Waals surface area contributed by atoms with Crippen LogP contribution >= 0.6 is 0 Å². The van der Waals surface area contributed by atoms with Crippen LogP contribution in [0.4, 0.5) is 0 Å². The fourth-order valence-electron chi connectivity index (χ4n) is 1.58. The van der Waals surface area contributed by atoms with E-state index in [1.54, 1.807) is 24.3 Å². The van der Waals surface area contributed by atoms with E-state index in [0.29, 0.717) is 18.9 Å². The fourth-order valence-corrected chi connectivity index (χ4v) is 2.71. The maximum atomic E-state index is 11.9. The number of benzene rings is 1. The summed E-state index contributed by atoms with van der Waals surface area (Å²) in [5.74, 6) is 0.678. The van der Waals surface area contributed by atoms with Crippen LogP contribution in [0.25, 0.3) is 0 Å². The Morgan fingerprint density at radius 3 is 2.25 bits per heavy atom. The number of hydrogen-bond acceptors (Lipinski definition) is 4. The maximum absolute atomic E-state index is 11.9. The molecule has 0 saturated heterocycles. The first kappa shape index (κ1) is 16.9. The van der Waals surface area contributed by atoms with E-state index in [-0.39, 0.29) is 4.90 Å². The smallest absolute Gasteiger partial charge is 0.240 e. The van der Waals surface area contributed by atoms with Crippen molar-refractivity contribution in [2.75, 3.05) is 26.2 Å². The van der Waals surface area contributed by atoms with Crippen LogP contribution in [0, 0.1) is 0 Å². The van der Waals surface area contributed by atoms with Gasteiger partial charge in [-0.15, -0.1) is 0 Å². The number of rotatable bonds is 10. The highest BCUT2D eigenvalue weighted by atomic mass is 32.2. The Bertz CT molecular complexity index is 472. The summed E-state index contributed by atoms with van der Waals surface area (Å²) in [5, 5.41) is 3.23. The van der Waals surface area contributed by atoms with E-state index in [1.807, 2.05) is 6.92 Å². The van der Waals surface area contributed by atoms with Gasteiger partial charge in [-0.25, -0.2) is 13.1 Å². The molecule has 0 aliphatic heterocycles. The molecule has 5 nitrogen and oxygen atoms in total. The second kappa shape index (κ2) is 8.94. The summed E-state index contributed by atoms with van der Waals surface area (Å²) in [7, 11) is -3.39. The Kier molecular flexibility index (Phi) is 7.58. The minimum absolute atomic E-state index is 0.266. The topological polar surface area (TPSA) is 67.4 Å². The summed E-state index contributed by atoms with van der Waals surface area (Å²) in [6.45, 7) is 6.81. The van der Waals surface area contributed by atoms with Gasteiger partial charge in [0.2, 0.25) is 10.0 Å². The van der Waals surface area contributed by atoms with Crippen LogP contribution in [-0.4, -0.2) is 34.7 Å². The maximum Gasteiger partial charge on any atom is 0.240 e. The Hall–Kier alpha value is -1.11.